The van der Waals surface area contributed by atoms with Crippen LogP contribution in [-0.2, 0) is 6.42 Å². The molecular weight excluding hydrogens is 455 g/mol. The first kappa shape index (κ1) is 19.5. The van der Waals surface area contributed by atoms with Crippen LogP contribution in [0.3, 0.4) is 0 Å². The fraction of sp³-hybridized carbons (Fsp3) is 0.412. The SMILES string of the molecule is CN=C(NCCc1ncc(C)s1)NC1CC1c1cccc(Cl)c1.I. The number of benzene rings is 1. The van der Waals surface area contributed by atoms with E-state index in [9.17, 15) is 0 Å². The van der Waals surface area contributed by atoms with E-state index in [1.807, 2.05) is 18.3 Å². The zero-order valence-corrected chi connectivity index (χ0v) is 17.7. The van der Waals surface area contributed by atoms with Crippen LogP contribution in [-0.4, -0.2) is 30.6 Å². The summed E-state index contributed by atoms with van der Waals surface area (Å²) in [5, 5.41) is 8.80. The van der Waals surface area contributed by atoms with E-state index in [0.29, 0.717) is 12.0 Å². The number of aliphatic imine (C=N–C) groups is 1. The second kappa shape index (κ2) is 9.01. The molecule has 2 aromatic rings. The Hall–Kier alpha value is -0.860. The number of nitrogens with one attached hydrogen (secondary N) is 2. The minimum Gasteiger partial charge on any atom is -0.356 e. The van der Waals surface area contributed by atoms with Crippen LogP contribution < -0.4 is 10.6 Å². The third kappa shape index (κ3) is 5.32. The Morgan fingerprint density at radius 2 is 2.29 bits per heavy atom. The Morgan fingerprint density at radius 3 is 2.96 bits per heavy atom. The van der Waals surface area contributed by atoms with E-state index in [2.05, 4.69) is 39.7 Å². The van der Waals surface area contributed by atoms with Gasteiger partial charge in [-0.3, -0.25) is 4.99 Å². The predicted molar refractivity (Wildman–Crippen MR) is 113 cm³/mol. The molecule has 0 amide bonds. The molecule has 2 unspecified atom stereocenters. The van der Waals surface area contributed by atoms with Crippen molar-refractivity contribution in [3.05, 3.63) is 50.9 Å². The number of aromatic nitrogens is 1. The monoisotopic (exact) mass is 476 g/mol. The standard InChI is InChI=1S/C17H21ClN4S.HI/c1-11-10-21-16(23-11)6-7-20-17(19-2)22-15-9-14(15)12-4-3-5-13(18)8-12;/h3-5,8,10,14-15H,6-7,9H2,1-2H3,(H2,19,20,22);1H. The van der Waals surface area contributed by atoms with Crippen molar-refractivity contribution in [3.8, 4) is 0 Å². The number of hydrogen-bond donors (Lipinski definition) is 2. The van der Waals surface area contributed by atoms with Gasteiger partial charge < -0.3 is 10.6 Å². The van der Waals surface area contributed by atoms with Crippen LogP contribution in [0.4, 0.5) is 0 Å². The molecular formula is C17H22ClIN4S. The van der Waals surface area contributed by atoms with Gasteiger partial charge in [-0.25, -0.2) is 4.98 Å². The molecule has 0 spiro atoms. The van der Waals surface area contributed by atoms with Gasteiger partial charge in [0.25, 0.3) is 0 Å². The lowest BCUT2D eigenvalue weighted by molar-refractivity contribution is 0.778. The molecule has 1 fully saturated rings. The molecule has 7 heteroatoms. The molecule has 1 aliphatic carbocycles. The normalized spacial score (nSPS) is 19.5. The number of guanidine groups is 1. The van der Waals surface area contributed by atoms with E-state index < -0.39 is 0 Å². The lowest BCUT2D eigenvalue weighted by Crippen LogP contribution is -2.39. The van der Waals surface area contributed by atoms with Gasteiger partial charge in [-0.15, -0.1) is 35.3 Å². The van der Waals surface area contributed by atoms with Gasteiger partial charge in [-0.05, 0) is 31.0 Å². The Morgan fingerprint density at radius 1 is 1.46 bits per heavy atom. The zero-order chi connectivity index (χ0) is 16.2. The highest BCUT2D eigenvalue weighted by atomic mass is 127. The fourth-order valence-electron chi connectivity index (χ4n) is 2.64. The Kier molecular flexibility index (Phi) is 7.31. The van der Waals surface area contributed by atoms with Crippen molar-refractivity contribution in [1.82, 2.24) is 15.6 Å². The van der Waals surface area contributed by atoms with Crippen molar-refractivity contribution >= 4 is 52.9 Å². The number of halogens is 2. The molecule has 1 saturated carbocycles. The molecule has 0 bridgehead atoms. The summed E-state index contributed by atoms with van der Waals surface area (Å²) < 4.78 is 0. The highest BCUT2D eigenvalue weighted by Gasteiger charge is 2.39. The van der Waals surface area contributed by atoms with Gasteiger partial charge in [0, 0.05) is 48.1 Å². The first-order valence-corrected chi connectivity index (χ1v) is 8.99. The molecule has 130 valence electrons. The van der Waals surface area contributed by atoms with Gasteiger partial charge in [0.1, 0.15) is 0 Å². The molecule has 24 heavy (non-hydrogen) atoms. The summed E-state index contributed by atoms with van der Waals surface area (Å²) in [6, 6.07) is 8.54. The summed E-state index contributed by atoms with van der Waals surface area (Å²) in [5.41, 5.74) is 1.30. The quantitative estimate of drug-likeness (QED) is 0.390. The van der Waals surface area contributed by atoms with Crippen LogP contribution in [0, 0.1) is 6.92 Å². The van der Waals surface area contributed by atoms with Crippen molar-refractivity contribution in [2.24, 2.45) is 4.99 Å². The number of aryl methyl sites for hydroxylation is 1. The number of thiazole rings is 1. The largest absolute Gasteiger partial charge is 0.356 e. The van der Waals surface area contributed by atoms with E-state index >= 15 is 0 Å². The summed E-state index contributed by atoms with van der Waals surface area (Å²) in [6.07, 6.45) is 3.96. The van der Waals surface area contributed by atoms with Crippen LogP contribution >= 0.6 is 46.9 Å². The van der Waals surface area contributed by atoms with Crippen LogP contribution in [0.1, 0.15) is 27.8 Å². The summed E-state index contributed by atoms with van der Waals surface area (Å²) in [6.45, 7) is 2.92. The summed E-state index contributed by atoms with van der Waals surface area (Å²) >= 11 is 7.81. The highest BCUT2D eigenvalue weighted by molar-refractivity contribution is 14.0. The first-order valence-electron chi connectivity index (χ1n) is 7.79. The van der Waals surface area contributed by atoms with Gasteiger partial charge in [0.15, 0.2) is 5.96 Å². The maximum Gasteiger partial charge on any atom is 0.191 e. The van der Waals surface area contributed by atoms with Crippen molar-refractivity contribution in [2.75, 3.05) is 13.6 Å². The molecule has 2 N–H and O–H groups in total. The van der Waals surface area contributed by atoms with E-state index in [1.54, 1.807) is 18.4 Å². The summed E-state index contributed by atoms with van der Waals surface area (Å²) in [4.78, 5) is 9.93. The summed E-state index contributed by atoms with van der Waals surface area (Å²) in [7, 11) is 1.81. The van der Waals surface area contributed by atoms with Crippen molar-refractivity contribution in [3.63, 3.8) is 0 Å². The van der Waals surface area contributed by atoms with Crippen molar-refractivity contribution < 1.29 is 0 Å². The van der Waals surface area contributed by atoms with E-state index in [0.717, 1.165) is 35.4 Å². The Balaban J connectivity index is 0.00000208. The molecule has 0 radical (unpaired) electrons. The summed E-state index contributed by atoms with van der Waals surface area (Å²) in [5.74, 6) is 1.38. The van der Waals surface area contributed by atoms with E-state index in [1.165, 1.54) is 10.4 Å². The molecule has 3 rings (SSSR count). The van der Waals surface area contributed by atoms with Gasteiger partial charge in [0.05, 0.1) is 5.01 Å². The number of hydrogen-bond acceptors (Lipinski definition) is 3. The molecule has 0 saturated heterocycles. The average molecular weight is 477 g/mol. The topological polar surface area (TPSA) is 49.3 Å². The molecule has 1 aromatic heterocycles. The zero-order valence-electron chi connectivity index (χ0n) is 13.8. The Labute approximate surface area is 169 Å². The molecule has 4 nitrogen and oxygen atoms in total. The molecule has 1 aliphatic rings. The molecule has 1 heterocycles. The smallest absolute Gasteiger partial charge is 0.191 e. The maximum atomic E-state index is 6.06. The molecule has 2 atom stereocenters. The minimum absolute atomic E-state index is 0. The second-order valence-corrected chi connectivity index (χ2v) is 7.52. The van der Waals surface area contributed by atoms with Gasteiger partial charge in [-0.2, -0.15) is 0 Å². The van der Waals surface area contributed by atoms with Crippen LogP contribution in [0.25, 0.3) is 0 Å². The van der Waals surface area contributed by atoms with Gasteiger partial charge in [-0.1, -0.05) is 23.7 Å². The van der Waals surface area contributed by atoms with Crippen molar-refractivity contribution in [2.45, 2.75) is 31.7 Å². The third-order valence-corrected chi connectivity index (χ3v) is 5.12. The number of rotatable bonds is 5. The van der Waals surface area contributed by atoms with Crippen LogP contribution in [0.5, 0.6) is 0 Å². The van der Waals surface area contributed by atoms with Crippen molar-refractivity contribution in [1.29, 1.82) is 0 Å². The highest BCUT2D eigenvalue weighted by Crippen LogP contribution is 2.41. The molecule has 1 aromatic carbocycles. The number of nitrogens with zero attached hydrogens (tertiary/aromatic N) is 2. The average Bonchev–Trinajstić information content (AvgIpc) is 3.19. The lowest BCUT2D eigenvalue weighted by Gasteiger charge is -2.11. The predicted octanol–water partition coefficient (Wildman–Crippen LogP) is 3.99. The van der Waals surface area contributed by atoms with Crippen LogP contribution in [0.15, 0.2) is 35.5 Å². The molecule has 0 aliphatic heterocycles. The first-order chi connectivity index (χ1) is 11.2. The van der Waals surface area contributed by atoms with E-state index in [4.69, 9.17) is 11.6 Å². The minimum atomic E-state index is 0. The van der Waals surface area contributed by atoms with E-state index in [-0.39, 0.29) is 24.0 Å². The van der Waals surface area contributed by atoms with Crippen LogP contribution in [0.2, 0.25) is 5.02 Å². The van der Waals surface area contributed by atoms with Gasteiger partial charge >= 0.3 is 0 Å². The second-order valence-electron chi connectivity index (χ2n) is 5.76. The lowest BCUT2D eigenvalue weighted by atomic mass is 10.1. The van der Waals surface area contributed by atoms with Gasteiger partial charge in [0.2, 0.25) is 0 Å². The third-order valence-electron chi connectivity index (χ3n) is 3.91. The fourth-order valence-corrected chi connectivity index (χ4v) is 3.62. The maximum absolute atomic E-state index is 6.06. The Bertz CT molecular complexity index is 703.